The van der Waals surface area contributed by atoms with Crippen molar-refractivity contribution in [2.45, 2.75) is 58.7 Å². The molecule has 4 amide bonds. The number of primary amides is 1. The van der Waals surface area contributed by atoms with Crippen molar-refractivity contribution >= 4 is 29.6 Å². The monoisotopic (exact) mass is 401 g/mol. The average Bonchev–Trinajstić information content (AvgIpc) is 2.61. The van der Waals surface area contributed by atoms with Gasteiger partial charge in [-0.2, -0.15) is 0 Å². The molecule has 0 saturated carbocycles. The third-order valence-electron chi connectivity index (χ3n) is 4.28. The van der Waals surface area contributed by atoms with Crippen LogP contribution in [0.5, 0.6) is 0 Å². The number of carbonyl (C=O) groups excluding carboxylic acids is 4. The first-order valence-electron chi connectivity index (χ1n) is 9.04. The Morgan fingerprint density at radius 2 is 1.57 bits per heavy atom. The predicted octanol–water partition coefficient (Wildman–Crippen LogP) is -1.94. The van der Waals surface area contributed by atoms with Crippen molar-refractivity contribution in [3.63, 3.8) is 0 Å². The molecule has 0 aliphatic carbocycles. The lowest BCUT2D eigenvalue weighted by Crippen LogP contribution is -2.56. The number of aliphatic carboxylic acids is 1. The quantitative estimate of drug-likeness (QED) is 0.219. The van der Waals surface area contributed by atoms with Gasteiger partial charge in [-0.25, -0.2) is 4.79 Å². The van der Waals surface area contributed by atoms with Gasteiger partial charge in [-0.05, 0) is 11.8 Å². The summed E-state index contributed by atoms with van der Waals surface area (Å²) in [4.78, 5) is 58.4. The maximum absolute atomic E-state index is 12.4. The van der Waals surface area contributed by atoms with Crippen LogP contribution in [-0.2, 0) is 24.0 Å². The largest absolute Gasteiger partial charge is 0.480 e. The van der Waals surface area contributed by atoms with Crippen molar-refractivity contribution in [1.29, 1.82) is 0 Å². The van der Waals surface area contributed by atoms with Crippen LogP contribution in [-0.4, -0.2) is 59.4 Å². The van der Waals surface area contributed by atoms with E-state index in [1.807, 2.05) is 6.92 Å². The van der Waals surface area contributed by atoms with Crippen molar-refractivity contribution < 1.29 is 29.1 Å². The lowest BCUT2D eigenvalue weighted by molar-refractivity contribution is -0.143. The molecule has 11 nitrogen and oxygen atoms in total. The zero-order valence-electron chi connectivity index (χ0n) is 16.7. The molecule has 0 aromatic heterocycles. The van der Waals surface area contributed by atoms with Crippen molar-refractivity contribution in [1.82, 2.24) is 16.0 Å². The van der Waals surface area contributed by atoms with Gasteiger partial charge in [0.2, 0.25) is 23.6 Å². The van der Waals surface area contributed by atoms with Crippen molar-refractivity contribution in [3.05, 3.63) is 0 Å². The third kappa shape index (κ3) is 8.80. The summed E-state index contributed by atoms with van der Waals surface area (Å²) in [6.45, 7) is 6.63. The molecule has 0 aromatic rings. The van der Waals surface area contributed by atoms with E-state index < -0.39 is 60.7 Å². The predicted molar refractivity (Wildman–Crippen MR) is 101 cm³/mol. The standard InChI is InChI=1S/C17H31N5O6/c1-5-9(4)14(22-15(25)13(19)8(2)3)16(26)20-7-12(24)21-10(17(27)28)6-11(18)23/h8-10,13-14H,5-7,19H2,1-4H3,(H2,18,23)(H,20,26)(H,21,24)(H,22,25)(H,27,28). The number of rotatable bonds is 12. The molecule has 0 fully saturated rings. The van der Waals surface area contributed by atoms with E-state index in [2.05, 4.69) is 16.0 Å². The topological polar surface area (TPSA) is 194 Å². The van der Waals surface area contributed by atoms with Crippen LogP contribution in [0.15, 0.2) is 0 Å². The van der Waals surface area contributed by atoms with Gasteiger partial charge in [-0.15, -0.1) is 0 Å². The van der Waals surface area contributed by atoms with Gasteiger partial charge in [-0.1, -0.05) is 34.1 Å². The van der Waals surface area contributed by atoms with E-state index in [9.17, 15) is 24.0 Å². The molecule has 0 saturated heterocycles. The number of hydrogen-bond donors (Lipinski definition) is 6. The molecule has 0 aliphatic rings. The second kappa shape index (κ2) is 11.9. The summed E-state index contributed by atoms with van der Waals surface area (Å²) in [6.07, 6.45) is 0.00877. The maximum atomic E-state index is 12.4. The Morgan fingerprint density at radius 1 is 1.00 bits per heavy atom. The highest BCUT2D eigenvalue weighted by Gasteiger charge is 2.29. The van der Waals surface area contributed by atoms with Crippen molar-refractivity contribution in [3.8, 4) is 0 Å². The van der Waals surface area contributed by atoms with E-state index in [4.69, 9.17) is 16.6 Å². The smallest absolute Gasteiger partial charge is 0.326 e. The number of nitrogens with two attached hydrogens (primary N) is 2. The molecule has 0 bridgehead atoms. The van der Waals surface area contributed by atoms with Gasteiger partial charge >= 0.3 is 5.97 Å². The van der Waals surface area contributed by atoms with Crippen molar-refractivity contribution in [2.75, 3.05) is 6.54 Å². The van der Waals surface area contributed by atoms with Crippen molar-refractivity contribution in [2.24, 2.45) is 23.3 Å². The summed E-state index contributed by atoms with van der Waals surface area (Å²) in [5, 5.41) is 16.0. The third-order valence-corrected chi connectivity index (χ3v) is 4.28. The van der Waals surface area contributed by atoms with E-state index in [1.54, 1.807) is 20.8 Å². The fourth-order valence-corrected chi connectivity index (χ4v) is 2.18. The molecule has 4 atom stereocenters. The van der Waals surface area contributed by atoms with Crippen LogP contribution < -0.4 is 27.4 Å². The number of amides is 4. The number of nitrogens with one attached hydrogen (secondary N) is 3. The summed E-state index contributed by atoms with van der Waals surface area (Å²) in [5.74, 6) is -4.56. The van der Waals surface area contributed by atoms with Gasteiger partial charge in [0.25, 0.3) is 0 Å². The Labute approximate surface area is 164 Å². The van der Waals surface area contributed by atoms with Crippen LogP contribution >= 0.6 is 0 Å². The number of hydrogen-bond acceptors (Lipinski definition) is 6. The second-order valence-corrected chi connectivity index (χ2v) is 6.99. The summed E-state index contributed by atoms with van der Waals surface area (Å²) >= 11 is 0. The Kier molecular flexibility index (Phi) is 10.8. The number of carbonyl (C=O) groups is 5. The fourth-order valence-electron chi connectivity index (χ4n) is 2.18. The minimum absolute atomic E-state index is 0.121. The van der Waals surface area contributed by atoms with E-state index in [-0.39, 0.29) is 11.8 Å². The molecule has 0 rings (SSSR count). The Morgan fingerprint density at radius 3 is 2.00 bits per heavy atom. The molecule has 160 valence electrons. The zero-order chi connectivity index (χ0) is 22.0. The van der Waals surface area contributed by atoms with Gasteiger partial charge in [0.05, 0.1) is 19.0 Å². The van der Waals surface area contributed by atoms with E-state index >= 15 is 0 Å². The number of carboxylic acids is 1. The highest BCUT2D eigenvalue weighted by Crippen LogP contribution is 2.09. The lowest BCUT2D eigenvalue weighted by atomic mass is 9.96. The van der Waals surface area contributed by atoms with Crippen LogP contribution in [0.2, 0.25) is 0 Å². The van der Waals surface area contributed by atoms with Gasteiger partial charge in [0, 0.05) is 0 Å². The van der Waals surface area contributed by atoms with Gasteiger partial charge in [0.1, 0.15) is 12.1 Å². The molecule has 0 aromatic carbocycles. The Balaban J connectivity index is 4.90. The van der Waals surface area contributed by atoms with Crippen LogP contribution in [0.3, 0.4) is 0 Å². The minimum Gasteiger partial charge on any atom is -0.480 e. The summed E-state index contributed by atoms with van der Waals surface area (Å²) in [6, 6.07) is -3.18. The Bertz CT molecular complexity index is 595. The van der Waals surface area contributed by atoms with E-state index in [0.717, 1.165) is 0 Å². The molecule has 11 heteroatoms. The molecule has 28 heavy (non-hydrogen) atoms. The van der Waals surface area contributed by atoms with E-state index in [1.165, 1.54) is 0 Å². The summed E-state index contributed by atoms with van der Waals surface area (Å²) in [7, 11) is 0. The molecule has 8 N–H and O–H groups in total. The summed E-state index contributed by atoms with van der Waals surface area (Å²) < 4.78 is 0. The average molecular weight is 401 g/mol. The van der Waals surface area contributed by atoms with E-state index in [0.29, 0.717) is 6.42 Å². The highest BCUT2D eigenvalue weighted by molar-refractivity contribution is 5.93. The minimum atomic E-state index is -1.49. The first kappa shape index (κ1) is 25.3. The first-order chi connectivity index (χ1) is 12.9. The molecular formula is C17H31N5O6. The molecule has 0 radical (unpaired) electrons. The molecule has 0 aliphatic heterocycles. The first-order valence-corrected chi connectivity index (χ1v) is 9.04. The number of carboxylic acid groups (broad SMARTS) is 1. The van der Waals surface area contributed by atoms with Crippen LogP contribution in [0, 0.1) is 11.8 Å². The maximum Gasteiger partial charge on any atom is 0.326 e. The molecule has 0 spiro atoms. The zero-order valence-corrected chi connectivity index (χ0v) is 16.7. The van der Waals surface area contributed by atoms with Crippen LogP contribution in [0.1, 0.15) is 40.5 Å². The van der Waals surface area contributed by atoms with Crippen LogP contribution in [0.25, 0.3) is 0 Å². The van der Waals surface area contributed by atoms with Gasteiger partial charge in [-0.3, -0.25) is 19.2 Å². The molecule has 4 unspecified atom stereocenters. The SMILES string of the molecule is CCC(C)C(NC(=O)C(N)C(C)C)C(=O)NCC(=O)NC(CC(N)=O)C(=O)O. The Hall–Kier alpha value is -2.69. The summed E-state index contributed by atoms with van der Waals surface area (Å²) in [5.41, 5.74) is 10.7. The van der Waals surface area contributed by atoms with Crippen LogP contribution in [0.4, 0.5) is 0 Å². The highest BCUT2D eigenvalue weighted by atomic mass is 16.4. The van der Waals surface area contributed by atoms with Gasteiger partial charge < -0.3 is 32.5 Å². The van der Waals surface area contributed by atoms with Gasteiger partial charge in [0.15, 0.2) is 0 Å². The second-order valence-electron chi connectivity index (χ2n) is 6.99. The normalized spacial score (nSPS) is 15.1. The fraction of sp³-hybridized carbons (Fsp3) is 0.706. The molecule has 0 heterocycles. The lowest BCUT2D eigenvalue weighted by Gasteiger charge is -2.26. The molecular weight excluding hydrogens is 370 g/mol.